The quantitative estimate of drug-likeness (QED) is 0.474. The third-order valence-corrected chi connectivity index (χ3v) is 2.24. The van der Waals surface area contributed by atoms with Crippen molar-refractivity contribution >= 4 is 5.97 Å². The van der Waals surface area contributed by atoms with E-state index in [1.807, 2.05) is 0 Å². The van der Waals surface area contributed by atoms with E-state index in [-0.39, 0.29) is 0 Å². The van der Waals surface area contributed by atoms with Gasteiger partial charge in [0, 0.05) is 0 Å². The van der Waals surface area contributed by atoms with Crippen molar-refractivity contribution < 1.29 is 14.6 Å². The molecule has 0 aromatic rings. The summed E-state index contributed by atoms with van der Waals surface area (Å²) in [6, 6.07) is -0.901. The highest BCUT2D eigenvalue weighted by Gasteiger charge is 2.22. The number of aliphatic hydroxyl groups is 1. The zero-order valence-corrected chi connectivity index (χ0v) is 9.03. The minimum atomic E-state index is -0.901. The molecular formula is C10H21NO3. The highest BCUT2D eigenvalue weighted by atomic mass is 16.5. The van der Waals surface area contributed by atoms with Crippen LogP contribution < -0.4 is 5.73 Å². The first-order chi connectivity index (χ1) is 6.63. The lowest BCUT2D eigenvalue weighted by Crippen LogP contribution is -2.42. The van der Waals surface area contributed by atoms with Crippen LogP contribution in [-0.4, -0.2) is 30.3 Å². The second kappa shape index (κ2) is 7.76. The first-order valence-corrected chi connectivity index (χ1v) is 5.15. The number of methoxy groups -OCH3 is 1. The monoisotopic (exact) mass is 203 g/mol. The number of aliphatic hydroxyl groups excluding tert-OH is 1. The summed E-state index contributed by atoms with van der Waals surface area (Å²) in [5, 5.41) is 9.49. The number of hydrogen-bond donors (Lipinski definition) is 2. The van der Waals surface area contributed by atoms with Crippen molar-refractivity contribution in [1.29, 1.82) is 0 Å². The van der Waals surface area contributed by atoms with Gasteiger partial charge in [-0.1, -0.05) is 32.6 Å². The van der Waals surface area contributed by atoms with Gasteiger partial charge in [-0.05, 0) is 6.42 Å². The summed E-state index contributed by atoms with van der Waals surface area (Å²) in [7, 11) is 1.27. The molecule has 0 unspecified atom stereocenters. The van der Waals surface area contributed by atoms with E-state index in [1.165, 1.54) is 7.11 Å². The maximum atomic E-state index is 10.9. The Bertz CT molecular complexity index is 161. The Kier molecular flexibility index (Phi) is 7.42. The summed E-state index contributed by atoms with van der Waals surface area (Å²) < 4.78 is 4.44. The number of unbranched alkanes of at least 4 members (excludes halogenated alkanes) is 3. The Labute approximate surface area is 85.4 Å². The molecule has 0 aliphatic rings. The number of carbonyl (C=O) groups excluding carboxylic acids is 1. The van der Waals surface area contributed by atoms with Gasteiger partial charge in [0.25, 0.3) is 0 Å². The van der Waals surface area contributed by atoms with Gasteiger partial charge in [0.1, 0.15) is 6.04 Å². The summed E-state index contributed by atoms with van der Waals surface area (Å²) in [5.41, 5.74) is 5.46. The van der Waals surface area contributed by atoms with Gasteiger partial charge in [0.15, 0.2) is 0 Å². The van der Waals surface area contributed by atoms with Gasteiger partial charge in [-0.2, -0.15) is 0 Å². The summed E-state index contributed by atoms with van der Waals surface area (Å²) in [4.78, 5) is 10.9. The van der Waals surface area contributed by atoms with Crippen LogP contribution in [0.2, 0.25) is 0 Å². The molecule has 84 valence electrons. The van der Waals surface area contributed by atoms with Gasteiger partial charge >= 0.3 is 5.97 Å². The topological polar surface area (TPSA) is 72.5 Å². The second-order valence-electron chi connectivity index (χ2n) is 3.47. The average molecular weight is 203 g/mol. The third kappa shape index (κ3) is 5.19. The van der Waals surface area contributed by atoms with Gasteiger partial charge in [-0.3, -0.25) is 4.79 Å². The van der Waals surface area contributed by atoms with Crippen molar-refractivity contribution in [3.8, 4) is 0 Å². The molecule has 2 atom stereocenters. The molecule has 3 N–H and O–H groups in total. The minimum Gasteiger partial charge on any atom is -0.468 e. The Hall–Kier alpha value is -0.610. The third-order valence-electron chi connectivity index (χ3n) is 2.24. The number of carbonyl (C=O) groups is 1. The van der Waals surface area contributed by atoms with E-state index in [4.69, 9.17) is 5.73 Å². The van der Waals surface area contributed by atoms with Gasteiger partial charge in [-0.15, -0.1) is 0 Å². The molecule has 0 aromatic carbocycles. The van der Waals surface area contributed by atoms with Crippen LogP contribution in [0.5, 0.6) is 0 Å². The Morgan fingerprint density at radius 2 is 2.07 bits per heavy atom. The molecule has 0 amide bonds. The van der Waals surface area contributed by atoms with Crippen LogP contribution in [-0.2, 0) is 9.53 Å². The van der Waals surface area contributed by atoms with Crippen LogP contribution in [0.1, 0.15) is 39.0 Å². The van der Waals surface area contributed by atoms with Crippen molar-refractivity contribution in [3.05, 3.63) is 0 Å². The minimum absolute atomic E-state index is 0.548. The predicted molar refractivity (Wildman–Crippen MR) is 54.8 cm³/mol. The molecule has 0 aliphatic heterocycles. The van der Waals surface area contributed by atoms with Gasteiger partial charge in [-0.25, -0.2) is 0 Å². The zero-order valence-electron chi connectivity index (χ0n) is 9.03. The fourth-order valence-electron chi connectivity index (χ4n) is 1.25. The van der Waals surface area contributed by atoms with Crippen LogP contribution in [0.15, 0.2) is 0 Å². The molecule has 0 saturated heterocycles. The van der Waals surface area contributed by atoms with E-state index < -0.39 is 18.1 Å². The molecule has 0 aliphatic carbocycles. The summed E-state index contributed by atoms with van der Waals surface area (Å²) in [6.45, 7) is 2.12. The van der Waals surface area contributed by atoms with E-state index in [0.29, 0.717) is 6.42 Å². The zero-order chi connectivity index (χ0) is 11.0. The molecule has 0 fully saturated rings. The molecule has 0 rings (SSSR count). The standard InChI is InChI=1S/C10H21NO3/c1-3-4-5-6-7-8(12)9(11)10(13)14-2/h8-9,12H,3-7,11H2,1-2H3/t8-,9+/m1/s1. The SMILES string of the molecule is CCCCCC[C@@H](O)[C@H](N)C(=O)OC. The largest absolute Gasteiger partial charge is 0.468 e. The van der Waals surface area contributed by atoms with Crippen molar-refractivity contribution in [3.63, 3.8) is 0 Å². The second-order valence-corrected chi connectivity index (χ2v) is 3.47. The molecule has 14 heavy (non-hydrogen) atoms. The van der Waals surface area contributed by atoms with Crippen molar-refractivity contribution in [2.45, 2.75) is 51.2 Å². The van der Waals surface area contributed by atoms with E-state index in [2.05, 4.69) is 11.7 Å². The van der Waals surface area contributed by atoms with E-state index in [1.54, 1.807) is 0 Å². The van der Waals surface area contributed by atoms with Gasteiger partial charge in [0.05, 0.1) is 13.2 Å². The first kappa shape index (κ1) is 13.4. The predicted octanol–water partition coefficient (Wildman–Crippen LogP) is 0.818. The molecule has 0 bridgehead atoms. The maximum absolute atomic E-state index is 10.9. The molecule has 0 radical (unpaired) electrons. The Morgan fingerprint density at radius 1 is 1.43 bits per heavy atom. The van der Waals surface area contributed by atoms with E-state index in [0.717, 1.165) is 25.7 Å². The smallest absolute Gasteiger partial charge is 0.325 e. The van der Waals surface area contributed by atoms with Crippen molar-refractivity contribution in [2.24, 2.45) is 5.73 Å². The molecular weight excluding hydrogens is 182 g/mol. The van der Waals surface area contributed by atoms with Crippen LogP contribution in [0, 0.1) is 0 Å². The molecule has 0 saturated carbocycles. The number of esters is 1. The van der Waals surface area contributed by atoms with Crippen LogP contribution >= 0.6 is 0 Å². The Morgan fingerprint density at radius 3 is 2.57 bits per heavy atom. The summed E-state index contributed by atoms with van der Waals surface area (Å²) >= 11 is 0. The number of hydrogen-bond acceptors (Lipinski definition) is 4. The molecule has 0 spiro atoms. The first-order valence-electron chi connectivity index (χ1n) is 5.15. The van der Waals surface area contributed by atoms with E-state index in [9.17, 15) is 9.90 Å². The van der Waals surface area contributed by atoms with Crippen molar-refractivity contribution in [2.75, 3.05) is 7.11 Å². The number of ether oxygens (including phenoxy) is 1. The normalized spacial score (nSPS) is 14.9. The van der Waals surface area contributed by atoms with Gasteiger partial charge in [0.2, 0.25) is 0 Å². The highest BCUT2D eigenvalue weighted by molar-refractivity contribution is 5.75. The lowest BCUT2D eigenvalue weighted by molar-refractivity contribution is -0.145. The fourth-order valence-corrected chi connectivity index (χ4v) is 1.25. The van der Waals surface area contributed by atoms with Crippen molar-refractivity contribution in [1.82, 2.24) is 0 Å². The maximum Gasteiger partial charge on any atom is 0.325 e. The summed E-state index contributed by atoms with van der Waals surface area (Å²) in [5.74, 6) is -0.548. The molecule has 4 nitrogen and oxygen atoms in total. The number of nitrogens with two attached hydrogens (primary N) is 1. The van der Waals surface area contributed by atoms with Crippen LogP contribution in [0.25, 0.3) is 0 Å². The van der Waals surface area contributed by atoms with Crippen LogP contribution in [0.4, 0.5) is 0 Å². The molecule has 0 heterocycles. The number of rotatable bonds is 7. The lowest BCUT2D eigenvalue weighted by Gasteiger charge is -2.16. The summed E-state index contributed by atoms with van der Waals surface area (Å²) in [6.07, 6.45) is 4.07. The lowest BCUT2D eigenvalue weighted by atomic mass is 10.0. The Balaban J connectivity index is 3.61. The molecule has 4 heteroatoms. The molecule has 0 aromatic heterocycles. The van der Waals surface area contributed by atoms with Crippen LogP contribution in [0.3, 0.4) is 0 Å². The highest BCUT2D eigenvalue weighted by Crippen LogP contribution is 2.07. The average Bonchev–Trinajstić information content (AvgIpc) is 2.21. The van der Waals surface area contributed by atoms with Gasteiger partial charge < -0.3 is 15.6 Å². The fraction of sp³-hybridized carbons (Fsp3) is 0.900. The van der Waals surface area contributed by atoms with E-state index >= 15 is 0 Å².